The molecule has 2 aromatic carbocycles. The summed E-state index contributed by atoms with van der Waals surface area (Å²) in [6.07, 6.45) is 0.790. The number of rotatable bonds is 8. The number of aryl methyl sites for hydroxylation is 1. The second-order valence-corrected chi connectivity index (χ2v) is 8.11. The van der Waals surface area contributed by atoms with Crippen LogP contribution in [0.2, 0.25) is 0 Å². The van der Waals surface area contributed by atoms with Gasteiger partial charge in [0.05, 0.1) is 26.5 Å². The van der Waals surface area contributed by atoms with Crippen molar-refractivity contribution in [2.24, 2.45) is 0 Å². The van der Waals surface area contributed by atoms with E-state index in [1.807, 2.05) is 44.2 Å². The zero-order valence-corrected chi connectivity index (χ0v) is 20.6. The lowest BCUT2D eigenvalue weighted by molar-refractivity contribution is 0.340. The molecule has 1 N–H and O–H groups in total. The summed E-state index contributed by atoms with van der Waals surface area (Å²) >= 11 is 0. The molecule has 33 heavy (non-hydrogen) atoms. The van der Waals surface area contributed by atoms with E-state index in [0.717, 1.165) is 34.0 Å². The van der Waals surface area contributed by atoms with Gasteiger partial charge in [-0.1, -0.05) is 23.3 Å². The molecule has 1 aromatic heterocycles. The molecule has 0 amide bonds. The predicted octanol–water partition coefficient (Wildman–Crippen LogP) is 4.55. The molecule has 174 valence electrons. The van der Waals surface area contributed by atoms with E-state index in [1.54, 1.807) is 14.2 Å². The zero-order valence-electron chi connectivity index (χ0n) is 20.6. The minimum absolute atomic E-state index is 0.651. The molecule has 0 aliphatic rings. The molecule has 0 aliphatic heterocycles. The topological polar surface area (TPSA) is 65.5 Å². The highest BCUT2D eigenvalue weighted by molar-refractivity contribution is 5.65. The molecule has 0 spiro atoms. The maximum atomic E-state index is 5.58. The second-order valence-electron chi connectivity index (χ2n) is 8.11. The lowest BCUT2D eigenvalue weighted by Gasteiger charge is -2.13. The number of nitrogens with one attached hydrogen (secondary N) is 1. The number of ether oxygens (including phenoxy) is 3. The van der Waals surface area contributed by atoms with Crippen LogP contribution in [-0.2, 0) is 6.42 Å². The highest BCUT2D eigenvalue weighted by Gasteiger charge is 2.11. The minimum atomic E-state index is 0.651. The molecule has 0 unspecified atom stereocenters. The molecule has 1 heterocycles. The standard InChI is InChI=1S/C27H33N3O3/c1-8-33-22-12-9-20(10-13-22)15-18(4)26-25(17(2)3)19(5)29-30-27(26)28-21-11-14-23(31-6)24(16-21)32-7/h9-14,16H,8,15H2,1-7H3,(H,28,30)/b26-18+. The fourth-order valence-electron chi connectivity index (χ4n) is 3.95. The molecule has 0 atom stereocenters. The fourth-order valence-corrected chi connectivity index (χ4v) is 3.95. The van der Waals surface area contributed by atoms with Crippen molar-refractivity contribution in [3.8, 4) is 17.2 Å². The predicted molar refractivity (Wildman–Crippen MR) is 134 cm³/mol. The molecule has 0 saturated heterocycles. The number of methoxy groups -OCH3 is 2. The summed E-state index contributed by atoms with van der Waals surface area (Å²) in [5, 5.41) is 14.6. The molecule has 0 saturated carbocycles. The van der Waals surface area contributed by atoms with E-state index >= 15 is 0 Å². The van der Waals surface area contributed by atoms with Gasteiger partial charge >= 0.3 is 0 Å². The Hall–Kier alpha value is -3.54. The molecule has 0 fully saturated rings. The van der Waals surface area contributed by atoms with Crippen LogP contribution in [0.15, 0.2) is 42.5 Å². The van der Waals surface area contributed by atoms with Crippen LogP contribution in [0.3, 0.4) is 0 Å². The molecule has 6 heteroatoms. The Bertz CT molecular complexity index is 1230. The van der Waals surface area contributed by atoms with E-state index in [-0.39, 0.29) is 0 Å². The Balaban J connectivity index is 2.11. The van der Waals surface area contributed by atoms with Gasteiger partial charge in [-0.25, -0.2) is 0 Å². The normalized spacial score (nSPS) is 11.6. The lowest BCUT2D eigenvalue weighted by Crippen LogP contribution is -2.35. The summed E-state index contributed by atoms with van der Waals surface area (Å²) in [5.74, 6) is 2.93. The van der Waals surface area contributed by atoms with Crippen LogP contribution in [-0.4, -0.2) is 31.0 Å². The Morgan fingerprint density at radius 2 is 1.58 bits per heavy atom. The molecule has 3 aromatic rings. The van der Waals surface area contributed by atoms with Gasteiger partial charge in [-0.15, -0.1) is 5.10 Å². The third-order valence-corrected chi connectivity index (χ3v) is 5.43. The van der Waals surface area contributed by atoms with E-state index in [4.69, 9.17) is 14.2 Å². The zero-order chi connectivity index (χ0) is 24.0. The molecule has 3 rings (SSSR count). The van der Waals surface area contributed by atoms with Crippen LogP contribution in [0, 0.1) is 6.92 Å². The van der Waals surface area contributed by atoms with Crippen molar-refractivity contribution in [3.05, 3.63) is 64.2 Å². The van der Waals surface area contributed by atoms with Gasteiger partial charge in [0.25, 0.3) is 0 Å². The number of aromatic nitrogens is 2. The van der Waals surface area contributed by atoms with Gasteiger partial charge in [-0.05, 0) is 70.9 Å². The van der Waals surface area contributed by atoms with Gasteiger partial charge in [0.1, 0.15) is 5.75 Å². The highest BCUT2D eigenvalue weighted by Crippen LogP contribution is 2.30. The van der Waals surface area contributed by atoms with Gasteiger partial charge in [-0.3, -0.25) is 0 Å². The van der Waals surface area contributed by atoms with Crippen LogP contribution >= 0.6 is 0 Å². The van der Waals surface area contributed by atoms with E-state index < -0.39 is 0 Å². The average molecular weight is 448 g/mol. The van der Waals surface area contributed by atoms with Crippen LogP contribution < -0.4 is 30.0 Å². The maximum Gasteiger partial charge on any atom is 0.162 e. The number of benzene rings is 2. The van der Waals surface area contributed by atoms with Gasteiger partial charge in [0, 0.05) is 22.2 Å². The fraction of sp³-hybridized carbons (Fsp3) is 0.333. The van der Waals surface area contributed by atoms with Crippen molar-refractivity contribution in [2.75, 3.05) is 26.1 Å². The summed E-state index contributed by atoms with van der Waals surface area (Å²) < 4.78 is 16.4. The van der Waals surface area contributed by atoms with Gasteiger partial charge < -0.3 is 19.5 Å². The van der Waals surface area contributed by atoms with Crippen LogP contribution in [0.1, 0.15) is 39.0 Å². The Morgan fingerprint density at radius 1 is 0.879 bits per heavy atom. The van der Waals surface area contributed by atoms with Crippen LogP contribution in [0.25, 0.3) is 11.1 Å². The van der Waals surface area contributed by atoms with Gasteiger partial charge in [0.15, 0.2) is 17.3 Å². The third-order valence-electron chi connectivity index (χ3n) is 5.43. The molecule has 0 bridgehead atoms. The summed E-state index contributed by atoms with van der Waals surface area (Å²) in [4.78, 5) is 0. The Labute approximate surface area is 195 Å². The van der Waals surface area contributed by atoms with Crippen LogP contribution in [0.4, 0.5) is 11.5 Å². The smallest absolute Gasteiger partial charge is 0.162 e. The first-order valence-electron chi connectivity index (χ1n) is 11.1. The van der Waals surface area contributed by atoms with E-state index in [2.05, 4.69) is 48.4 Å². The first-order valence-corrected chi connectivity index (χ1v) is 11.1. The average Bonchev–Trinajstić information content (AvgIpc) is 2.81. The third kappa shape index (κ3) is 5.64. The molecule has 6 nitrogen and oxygen atoms in total. The van der Waals surface area contributed by atoms with E-state index in [1.165, 1.54) is 16.7 Å². The van der Waals surface area contributed by atoms with Gasteiger partial charge in [0.2, 0.25) is 0 Å². The minimum Gasteiger partial charge on any atom is -0.494 e. The quantitative estimate of drug-likeness (QED) is 0.547. The van der Waals surface area contributed by atoms with E-state index in [0.29, 0.717) is 23.9 Å². The van der Waals surface area contributed by atoms with Crippen molar-refractivity contribution in [3.63, 3.8) is 0 Å². The lowest BCUT2D eigenvalue weighted by atomic mass is 10.0. The first kappa shape index (κ1) is 24.1. The van der Waals surface area contributed by atoms with Crippen molar-refractivity contribution in [1.29, 1.82) is 0 Å². The number of anilines is 2. The maximum absolute atomic E-state index is 5.58. The number of hydrogen-bond donors (Lipinski definition) is 1. The number of nitrogens with zero attached hydrogens (tertiary/aromatic N) is 2. The van der Waals surface area contributed by atoms with Crippen molar-refractivity contribution < 1.29 is 14.2 Å². The van der Waals surface area contributed by atoms with Crippen LogP contribution in [0.5, 0.6) is 17.2 Å². The summed E-state index contributed by atoms with van der Waals surface area (Å²) in [7, 11) is 3.25. The van der Waals surface area contributed by atoms with E-state index in [9.17, 15) is 0 Å². The van der Waals surface area contributed by atoms with Crippen molar-refractivity contribution in [2.45, 2.75) is 41.0 Å². The Morgan fingerprint density at radius 3 is 2.18 bits per heavy atom. The number of hydrogen-bond acceptors (Lipinski definition) is 6. The second kappa shape index (κ2) is 10.9. The first-order chi connectivity index (χ1) is 15.9. The summed E-state index contributed by atoms with van der Waals surface area (Å²) in [6.45, 7) is 11.0. The summed E-state index contributed by atoms with van der Waals surface area (Å²) in [6, 6.07) is 14.0. The summed E-state index contributed by atoms with van der Waals surface area (Å²) in [5.41, 5.74) is 5.37. The molecule has 0 aliphatic carbocycles. The largest absolute Gasteiger partial charge is 0.494 e. The SMILES string of the molecule is CCOc1ccc(C/C(C)=c2/c(Nc3ccc(OC)c(OC)c3)nnc(C)c2=C(C)C)cc1. The van der Waals surface area contributed by atoms with Crippen molar-refractivity contribution in [1.82, 2.24) is 10.2 Å². The van der Waals surface area contributed by atoms with Crippen molar-refractivity contribution >= 4 is 22.7 Å². The monoisotopic (exact) mass is 447 g/mol. The molecule has 0 radical (unpaired) electrons. The Kier molecular flexibility index (Phi) is 7.93. The molecular formula is C27H33N3O3. The highest BCUT2D eigenvalue weighted by atomic mass is 16.5. The van der Waals surface area contributed by atoms with Gasteiger partial charge in [-0.2, -0.15) is 5.10 Å². The molecular weight excluding hydrogens is 414 g/mol.